The summed E-state index contributed by atoms with van der Waals surface area (Å²) in [5.74, 6) is 0. The van der Waals surface area contributed by atoms with E-state index in [0.29, 0.717) is 5.56 Å². The second-order valence-electron chi connectivity index (χ2n) is 4.15. The molecule has 0 aliphatic heterocycles. The number of amides is 2. The first kappa shape index (κ1) is 14.5. The summed E-state index contributed by atoms with van der Waals surface area (Å²) in [5.41, 5.74) is 5.29. The van der Waals surface area contributed by atoms with E-state index in [1.165, 1.54) is 31.7 Å². The van der Waals surface area contributed by atoms with Crippen LogP contribution in [-0.2, 0) is 10.0 Å². The first-order valence-corrected chi connectivity index (χ1v) is 7.29. The summed E-state index contributed by atoms with van der Waals surface area (Å²) in [6.07, 6.45) is 6.00. The molecule has 6 heteroatoms. The molecule has 0 aromatic heterocycles. The van der Waals surface area contributed by atoms with Crippen molar-refractivity contribution in [2.24, 2.45) is 5.73 Å². The van der Waals surface area contributed by atoms with Gasteiger partial charge in [0.1, 0.15) is 0 Å². The number of nitrogens with two attached hydrogens (primary N) is 1. The number of carbonyl (C=O) groups excluding carboxylic acids is 1. The van der Waals surface area contributed by atoms with E-state index in [1.807, 2.05) is 0 Å². The van der Waals surface area contributed by atoms with Crippen LogP contribution in [0, 0.1) is 6.92 Å². The molecule has 5 nitrogen and oxygen atoms in total. The highest BCUT2D eigenvalue weighted by molar-refractivity contribution is 7.90. The summed E-state index contributed by atoms with van der Waals surface area (Å²) in [6, 6.07) is 5.23. The molecule has 0 unspecified atom stereocenters. The third kappa shape index (κ3) is 4.37. The average molecular weight is 270 g/mol. The normalized spacial score (nSPS) is 13.8. The molecular weight excluding hydrogens is 252 g/mol. The number of rotatable bonds is 2. The number of urea groups is 1. The molecule has 3 N–H and O–H groups in total. The van der Waals surface area contributed by atoms with Gasteiger partial charge in [-0.3, -0.25) is 0 Å². The minimum absolute atomic E-state index is 0.0544. The highest BCUT2D eigenvalue weighted by Gasteiger charge is 2.17. The van der Waals surface area contributed by atoms with Crippen LogP contribution in [0.4, 0.5) is 4.79 Å². The van der Waals surface area contributed by atoms with Gasteiger partial charge in [-0.15, -0.1) is 0 Å². The number of hydrogen-bond donors (Lipinski definition) is 2. The van der Waals surface area contributed by atoms with Gasteiger partial charge in [0.15, 0.2) is 0 Å². The van der Waals surface area contributed by atoms with E-state index >= 15 is 0 Å². The van der Waals surface area contributed by atoms with E-state index in [0.717, 1.165) is 0 Å². The molecule has 1 aromatic carbocycles. The van der Waals surface area contributed by atoms with Crippen molar-refractivity contribution in [1.29, 1.82) is 0 Å². The molecule has 18 heavy (non-hydrogen) atoms. The van der Waals surface area contributed by atoms with E-state index in [-0.39, 0.29) is 4.90 Å². The maximum Gasteiger partial charge on any atom is 0.326 e. The van der Waals surface area contributed by atoms with Crippen LogP contribution < -0.4 is 10.5 Å². The highest BCUT2D eigenvalue weighted by Crippen LogP contribution is 2.15. The van der Waals surface area contributed by atoms with Crippen LogP contribution in [0.25, 0.3) is 0 Å². The van der Waals surface area contributed by atoms with Gasteiger partial charge in [-0.05, 0) is 18.6 Å². The van der Waals surface area contributed by atoms with Gasteiger partial charge in [0.25, 0.3) is 10.0 Å². The van der Waals surface area contributed by atoms with Crippen molar-refractivity contribution < 1.29 is 13.2 Å². The predicted molar refractivity (Wildman–Crippen MR) is 69.6 cm³/mol. The van der Waals surface area contributed by atoms with Gasteiger partial charge in [0.2, 0.25) is 0 Å². The Hall–Kier alpha value is -1.56. The van der Waals surface area contributed by atoms with Crippen molar-refractivity contribution in [3.63, 3.8) is 0 Å². The molecule has 1 aliphatic carbocycles. The minimum atomic E-state index is -3.81. The Kier molecular flexibility index (Phi) is 5.15. The number of carbonyl (C=O) groups is 1. The van der Waals surface area contributed by atoms with Gasteiger partial charge >= 0.3 is 6.03 Å². The fourth-order valence-corrected chi connectivity index (χ4v) is 2.42. The van der Waals surface area contributed by atoms with E-state index in [1.54, 1.807) is 29.8 Å². The predicted octanol–water partition coefficient (Wildman–Crippen LogP) is 1.91. The molecule has 1 fully saturated rings. The Morgan fingerprint density at radius 3 is 2.06 bits per heavy atom. The molecule has 100 valence electrons. The lowest BCUT2D eigenvalue weighted by molar-refractivity contribution is 0.253. The molecular formula is C12H18N2O3S. The molecule has 0 spiro atoms. The number of benzene rings is 1. The van der Waals surface area contributed by atoms with Crippen LogP contribution in [0.2, 0.25) is 0 Å². The number of aryl methyl sites for hydroxylation is 1. The van der Waals surface area contributed by atoms with E-state index in [2.05, 4.69) is 0 Å². The quantitative estimate of drug-likeness (QED) is 0.860. The molecule has 0 radical (unpaired) electrons. The van der Waals surface area contributed by atoms with Gasteiger partial charge in [0.05, 0.1) is 4.90 Å². The lowest BCUT2D eigenvalue weighted by Crippen LogP contribution is -2.35. The van der Waals surface area contributed by atoms with Crippen molar-refractivity contribution in [1.82, 2.24) is 4.72 Å². The minimum Gasteiger partial charge on any atom is -0.351 e. The van der Waals surface area contributed by atoms with Gasteiger partial charge in [-0.1, -0.05) is 43.9 Å². The fourth-order valence-electron chi connectivity index (χ4n) is 1.30. The van der Waals surface area contributed by atoms with Crippen LogP contribution in [-0.4, -0.2) is 14.4 Å². The molecule has 1 saturated carbocycles. The van der Waals surface area contributed by atoms with Crippen LogP contribution in [0.15, 0.2) is 29.2 Å². The summed E-state index contributed by atoms with van der Waals surface area (Å²) in [6.45, 7) is 1.63. The van der Waals surface area contributed by atoms with Gasteiger partial charge in [0, 0.05) is 0 Å². The van der Waals surface area contributed by atoms with Gasteiger partial charge < -0.3 is 5.73 Å². The standard InChI is InChI=1S/C8H10N2O3S.C4H8/c1-6-4-2-3-5-7(6)14(12,13)10-8(9)11;1-2-4-3-1/h2-5H,1H3,(H3,9,10,11);1-4H2. The van der Waals surface area contributed by atoms with Crippen molar-refractivity contribution in [3.8, 4) is 0 Å². The van der Waals surface area contributed by atoms with Crippen molar-refractivity contribution in [3.05, 3.63) is 29.8 Å². The molecule has 1 aliphatic rings. The maximum atomic E-state index is 11.5. The average Bonchev–Trinajstić information content (AvgIpc) is 2.12. The van der Waals surface area contributed by atoms with Crippen molar-refractivity contribution >= 4 is 16.1 Å². The summed E-state index contributed by atoms with van der Waals surface area (Å²) >= 11 is 0. The van der Waals surface area contributed by atoms with E-state index in [4.69, 9.17) is 5.73 Å². The number of hydrogen-bond acceptors (Lipinski definition) is 3. The molecule has 2 rings (SSSR count). The number of primary amides is 1. The Morgan fingerprint density at radius 2 is 1.67 bits per heavy atom. The summed E-state index contributed by atoms with van der Waals surface area (Å²) in [5, 5.41) is 0. The van der Waals surface area contributed by atoms with Crippen LogP contribution in [0.5, 0.6) is 0 Å². The first-order chi connectivity index (χ1) is 8.43. The molecule has 1 aromatic rings. The molecule has 0 heterocycles. The number of sulfonamides is 1. The second-order valence-corrected chi connectivity index (χ2v) is 5.80. The topological polar surface area (TPSA) is 89.3 Å². The van der Waals surface area contributed by atoms with Gasteiger partial charge in [-0.2, -0.15) is 0 Å². The number of nitrogens with one attached hydrogen (secondary N) is 1. The maximum absolute atomic E-state index is 11.5. The second kappa shape index (κ2) is 6.39. The largest absolute Gasteiger partial charge is 0.351 e. The van der Waals surface area contributed by atoms with Crippen LogP contribution in [0.1, 0.15) is 31.2 Å². The Bertz CT molecular complexity index is 504. The molecule has 2 amide bonds. The molecule has 0 saturated heterocycles. The van der Waals surface area contributed by atoms with E-state index < -0.39 is 16.1 Å². The summed E-state index contributed by atoms with van der Waals surface area (Å²) in [7, 11) is -3.81. The first-order valence-electron chi connectivity index (χ1n) is 5.81. The Labute approximate surface area is 107 Å². The smallest absolute Gasteiger partial charge is 0.326 e. The Balaban J connectivity index is 0.000000341. The zero-order valence-corrected chi connectivity index (χ0v) is 11.2. The lowest BCUT2D eigenvalue weighted by atomic mass is 10.0. The summed E-state index contributed by atoms with van der Waals surface area (Å²) in [4.78, 5) is 10.5. The molecule has 0 atom stereocenters. The summed E-state index contributed by atoms with van der Waals surface area (Å²) < 4.78 is 24.6. The Morgan fingerprint density at radius 1 is 1.17 bits per heavy atom. The highest BCUT2D eigenvalue weighted by atomic mass is 32.2. The van der Waals surface area contributed by atoms with Crippen LogP contribution >= 0.6 is 0 Å². The SMILES string of the molecule is C1CCC1.Cc1ccccc1S(=O)(=O)NC(N)=O. The van der Waals surface area contributed by atoms with Crippen molar-refractivity contribution in [2.45, 2.75) is 37.5 Å². The lowest BCUT2D eigenvalue weighted by Gasteiger charge is -2.06. The van der Waals surface area contributed by atoms with Crippen LogP contribution in [0.3, 0.4) is 0 Å². The third-order valence-electron chi connectivity index (χ3n) is 2.62. The fraction of sp³-hybridized carbons (Fsp3) is 0.417. The van der Waals surface area contributed by atoms with E-state index in [9.17, 15) is 13.2 Å². The zero-order chi connectivity index (χ0) is 13.6. The monoisotopic (exact) mass is 270 g/mol. The van der Waals surface area contributed by atoms with Gasteiger partial charge in [-0.25, -0.2) is 17.9 Å². The zero-order valence-electron chi connectivity index (χ0n) is 10.3. The molecule has 0 bridgehead atoms. The van der Waals surface area contributed by atoms with Crippen molar-refractivity contribution in [2.75, 3.05) is 0 Å². The third-order valence-corrected chi connectivity index (χ3v) is 4.13.